The van der Waals surface area contributed by atoms with Crippen LogP contribution >= 0.6 is 0 Å². The van der Waals surface area contributed by atoms with Gasteiger partial charge in [-0.05, 0) is 30.2 Å². The minimum absolute atomic E-state index is 0.230. The lowest BCUT2D eigenvalue weighted by Crippen LogP contribution is -1.87. The monoisotopic (exact) mass is 212 g/mol. The molecule has 0 heterocycles. The maximum absolute atomic E-state index is 10.7. The van der Waals surface area contributed by atoms with Crippen LogP contribution in [-0.4, -0.2) is 11.4 Å². The van der Waals surface area contributed by atoms with Gasteiger partial charge in [0.1, 0.15) is 12.0 Å². The zero-order valence-corrected chi connectivity index (χ0v) is 8.97. The fourth-order valence-corrected chi connectivity index (χ4v) is 1.70. The Balaban J connectivity index is 2.63. The van der Waals surface area contributed by atoms with Gasteiger partial charge in [0, 0.05) is 11.1 Å². The average Bonchev–Trinajstić information content (AvgIpc) is 2.31. The zero-order valence-electron chi connectivity index (χ0n) is 8.97. The van der Waals surface area contributed by atoms with Crippen molar-refractivity contribution in [2.45, 2.75) is 6.92 Å². The first-order valence-corrected chi connectivity index (χ1v) is 5.06. The molecule has 0 radical (unpaired) electrons. The molecule has 0 bridgehead atoms. The maximum Gasteiger partial charge on any atom is 0.150 e. The summed E-state index contributed by atoms with van der Waals surface area (Å²) in [6.07, 6.45) is 0.808. The Bertz CT molecular complexity index is 530. The van der Waals surface area contributed by atoms with Crippen LogP contribution in [0.5, 0.6) is 5.75 Å². The van der Waals surface area contributed by atoms with Crippen LogP contribution in [0.3, 0.4) is 0 Å². The molecule has 0 aliphatic carbocycles. The van der Waals surface area contributed by atoms with E-state index in [0.29, 0.717) is 5.56 Å². The summed E-state index contributed by atoms with van der Waals surface area (Å²) in [5.74, 6) is 0.230. The van der Waals surface area contributed by atoms with Gasteiger partial charge in [0.2, 0.25) is 0 Å². The largest absolute Gasteiger partial charge is 0.507 e. The first-order valence-electron chi connectivity index (χ1n) is 5.06. The molecule has 0 unspecified atom stereocenters. The highest BCUT2D eigenvalue weighted by Crippen LogP contribution is 2.31. The maximum atomic E-state index is 10.7. The molecule has 0 spiro atoms. The predicted octanol–water partition coefficient (Wildman–Crippen LogP) is 3.18. The van der Waals surface area contributed by atoms with Crippen LogP contribution in [0.4, 0.5) is 0 Å². The summed E-state index contributed by atoms with van der Waals surface area (Å²) in [6.45, 7) is 1.95. The molecule has 2 heteroatoms. The van der Waals surface area contributed by atoms with E-state index in [0.717, 1.165) is 23.0 Å². The van der Waals surface area contributed by atoms with E-state index in [2.05, 4.69) is 0 Å². The van der Waals surface area contributed by atoms with Crippen LogP contribution in [0.15, 0.2) is 42.5 Å². The highest BCUT2D eigenvalue weighted by Gasteiger charge is 2.06. The molecule has 80 valence electrons. The lowest BCUT2D eigenvalue weighted by Gasteiger charge is -2.08. The molecular formula is C14H12O2. The van der Waals surface area contributed by atoms with Crippen LogP contribution in [0.2, 0.25) is 0 Å². The van der Waals surface area contributed by atoms with E-state index in [9.17, 15) is 9.90 Å². The summed E-state index contributed by atoms with van der Waals surface area (Å²) in [4.78, 5) is 10.7. The Labute approximate surface area is 94.2 Å². The number of rotatable bonds is 2. The highest BCUT2D eigenvalue weighted by atomic mass is 16.3. The Morgan fingerprint density at radius 2 is 1.81 bits per heavy atom. The number of aldehydes is 1. The summed E-state index contributed by atoms with van der Waals surface area (Å²) >= 11 is 0. The molecule has 0 saturated carbocycles. The smallest absolute Gasteiger partial charge is 0.150 e. The molecule has 2 aromatic carbocycles. The number of phenols is 1. The summed E-state index contributed by atoms with van der Waals surface area (Å²) in [6, 6.07) is 12.6. The molecule has 0 fully saturated rings. The highest BCUT2D eigenvalue weighted by molar-refractivity contribution is 5.81. The summed E-state index contributed by atoms with van der Waals surface area (Å²) < 4.78 is 0. The van der Waals surface area contributed by atoms with Crippen LogP contribution in [0, 0.1) is 6.92 Å². The Morgan fingerprint density at radius 1 is 1.06 bits per heavy atom. The van der Waals surface area contributed by atoms with Gasteiger partial charge in [0.05, 0.1) is 0 Å². The summed E-state index contributed by atoms with van der Waals surface area (Å²) in [5, 5.41) is 9.76. The van der Waals surface area contributed by atoms with Gasteiger partial charge in [0.25, 0.3) is 0 Å². The predicted molar refractivity (Wildman–Crippen MR) is 63.7 cm³/mol. The molecule has 2 aromatic rings. The average molecular weight is 212 g/mol. The Hall–Kier alpha value is -2.09. The first-order chi connectivity index (χ1) is 7.72. The number of carbonyl (C=O) groups is 1. The molecule has 0 aromatic heterocycles. The van der Waals surface area contributed by atoms with Gasteiger partial charge in [0.15, 0.2) is 0 Å². The van der Waals surface area contributed by atoms with Crippen LogP contribution < -0.4 is 0 Å². The molecule has 0 amide bonds. The summed E-state index contributed by atoms with van der Waals surface area (Å²) in [7, 11) is 0. The van der Waals surface area contributed by atoms with Crippen molar-refractivity contribution in [2.75, 3.05) is 0 Å². The van der Waals surface area contributed by atoms with Gasteiger partial charge in [-0.15, -0.1) is 0 Å². The molecule has 2 rings (SSSR count). The lowest BCUT2D eigenvalue weighted by molar-refractivity contribution is 0.112. The Kier molecular flexibility index (Phi) is 2.73. The quantitative estimate of drug-likeness (QED) is 0.776. The van der Waals surface area contributed by atoms with E-state index in [-0.39, 0.29) is 5.75 Å². The van der Waals surface area contributed by atoms with E-state index in [4.69, 9.17) is 0 Å². The van der Waals surface area contributed by atoms with Crippen molar-refractivity contribution >= 4 is 6.29 Å². The normalized spacial score (nSPS) is 10.1. The molecule has 0 aliphatic rings. The Morgan fingerprint density at radius 3 is 2.50 bits per heavy atom. The molecule has 16 heavy (non-hydrogen) atoms. The molecule has 0 aliphatic heterocycles. The van der Waals surface area contributed by atoms with Gasteiger partial charge >= 0.3 is 0 Å². The van der Waals surface area contributed by atoms with Gasteiger partial charge in [-0.1, -0.05) is 30.3 Å². The third-order valence-electron chi connectivity index (χ3n) is 2.59. The van der Waals surface area contributed by atoms with E-state index in [1.807, 2.05) is 25.1 Å². The van der Waals surface area contributed by atoms with Gasteiger partial charge in [-0.2, -0.15) is 0 Å². The third-order valence-corrected chi connectivity index (χ3v) is 2.59. The van der Waals surface area contributed by atoms with E-state index in [1.54, 1.807) is 24.3 Å². The second kappa shape index (κ2) is 4.19. The van der Waals surface area contributed by atoms with Crippen molar-refractivity contribution in [3.05, 3.63) is 53.6 Å². The number of aromatic hydroxyl groups is 1. The number of aryl methyl sites for hydroxylation is 1. The van der Waals surface area contributed by atoms with E-state index >= 15 is 0 Å². The van der Waals surface area contributed by atoms with Gasteiger partial charge in [-0.3, -0.25) is 4.79 Å². The minimum Gasteiger partial charge on any atom is -0.507 e. The third kappa shape index (κ3) is 1.82. The molecule has 2 nitrogen and oxygen atoms in total. The number of carbonyl (C=O) groups excluding carboxylic acids is 1. The molecule has 0 saturated heterocycles. The standard InChI is InChI=1S/C14H12O2/c1-10-6-7-11(9-15)8-13(10)12-4-2-3-5-14(12)16/h2-9,16H,1H3. The second-order valence-electron chi connectivity index (χ2n) is 3.71. The van der Waals surface area contributed by atoms with Crippen LogP contribution in [0.1, 0.15) is 15.9 Å². The van der Waals surface area contributed by atoms with Crippen molar-refractivity contribution in [2.24, 2.45) is 0 Å². The van der Waals surface area contributed by atoms with Crippen molar-refractivity contribution in [3.8, 4) is 16.9 Å². The zero-order chi connectivity index (χ0) is 11.5. The van der Waals surface area contributed by atoms with Crippen molar-refractivity contribution in [3.63, 3.8) is 0 Å². The van der Waals surface area contributed by atoms with Crippen LogP contribution in [0.25, 0.3) is 11.1 Å². The minimum atomic E-state index is 0.230. The molecule has 1 N–H and O–H groups in total. The number of hydrogen-bond donors (Lipinski definition) is 1. The lowest BCUT2D eigenvalue weighted by atomic mass is 9.98. The van der Waals surface area contributed by atoms with Crippen LogP contribution in [-0.2, 0) is 0 Å². The first kappa shape index (κ1) is 10.4. The SMILES string of the molecule is Cc1ccc(C=O)cc1-c1ccccc1O. The number of phenolic OH excluding ortho intramolecular Hbond substituents is 1. The fourth-order valence-electron chi connectivity index (χ4n) is 1.70. The fraction of sp³-hybridized carbons (Fsp3) is 0.0714. The number of benzene rings is 2. The van der Waals surface area contributed by atoms with Gasteiger partial charge < -0.3 is 5.11 Å². The molecule has 0 atom stereocenters. The van der Waals surface area contributed by atoms with Gasteiger partial charge in [-0.25, -0.2) is 0 Å². The molecular weight excluding hydrogens is 200 g/mol. The van der Waals surface area contributed by atoms with Crippen molar-refractivity contribution in [1.82, 2.24) is 0 Å². The van der Waals surface area contributed by atoms with Crippen molar-refractivity contribution in [1.29, 1.82) is 0 Å². The van der Waals surface area contributed by atoms with Crippen molar-refractivity contribution < 1.29 is 9.90 Å². The van der Waals surface area contributed by atoms with E-state index < -0.39 is 0 Å². The number of hydrogen-bond acceptors (Lipinski definition) is 2. The van der Waals surface area contributed by atoms with E-state index in [1.165, 1.54) is 0 Å². The topological polar surface area (TPSA) is 37.3 Å². The summed E-state index contributed by atoms with van der Waals surface area (Å²) in [5.41, 5.74) is 3.29. The number of para-hydroxylation sites is 1. The second-order valence-corrected chi connectivity index (χ2v) is 3.71.